The van der Waals surface area contributed by atoms with Crippen molar-refractivity contribution in [2.75, 3.05) is 13.2 Å². The number of ether oxygens (including phenoxy) is 1. The van der Waals surface area contributed by atoms with Gasteiger partial charge < -0.3 is 10.1 Å². The second-order valence-electron chi connectivity index (χ2n) is 5.60. The Kier molecular flexibility index (Phi) is 5.71. The summed E-state index contributed by atoms with van der Waals surface area (Å²) in [4.78, 5) is 0. The van der Waals surface area contributed by atoms with Crippen LogP contribution in [0.3, 0.4) is 0 Å². The van der Waals surface area contributed by atoms with Crippen molar-refractivity contribution in [3.05, 3.63) is 28.2 Å². The van der Waals surface area contributed by atoms with Crippen molar-refractivity contribution in [2.45, 2.75) is 45.6 Å². The highest BCUT2D eigenvalue weighted by molar-refractivity contribution is 9.10. The predicted octanol–water partition coefficient (Wildman–Crippen LogP) is 4.30. The van der Waals surface area contributed by atoms with Gasteiger partial charge in [0.05, 0.1) is 4.47 Å². The first-order valence-electron chi connectivity index (χ1n) is 7.29. The number of hydrogen-bond donors (Lipinski definition) is 1. The third-order valence-electron chi connectivity index (χ3n) is 3.97. The molecule has 2 unspecified atom stereocenters. The summed E-state index contributed by atoms with van der Waals surface area (Å²) in [6.07, 6.45) is 5.44. The molecule has 2 nitrogen and oxygen atoms in total. The van der Waals surface area contributed by atoms with Gasteiger partial charge in [-0.05, 0) is 59.3 Å². The van der Waals surface area contributed by atoms with Gasteiger partial charge in [0.15, 0.2) is 0 Å². The van der Waals surface area contributed by atoms with Crippen LogP contribution in [0.1, 0.15) is 38.2 Å². The Morgan fingerprint density at radius 1 is 1.32 bits per heavy atom. The van der Waals surface area contributed by atoms with Crippen LogP contribution in [0.15, 0.2) is 22.7 Å². The van der Waals surface area contributed by atoms with E-state index in [1.165, 1.54) is 31.2 Å². The van der Waals surface area contributed by atoms with Crippen molar-refractivity contribution in [1.82, 2.24) is 5.32 Å². The fourth-order valence-corrected chi connectivity index (χ4v) is 3.36. The van der Waals surface area contributed by atoms with E-state index in [0.29, 0.717) is 6.04 Å². The minimum atomic E-state index is 0.679. The van der Waals surface area contributed by atoms with E-state index in [9.17, 15) is 0 Å². The van der Waals surface area contributed by atoms with Gasteiger partial charge in [0, 0.05) is 12.6 Å². The highest BCUT2D eigenvalue weighted by Crippen LogP contribution is 2.26. The quantitative estimate of drug-likeness (QED) is 0.815. The van der Waals surface area contributed by atoms with Crippen LogP contribution < -0.4 is 10.1 Å². The molecule has 1 fully saturated rings. The summed E-state index contributed by atoms with van der Waals surface area (Å²) in [5, 5.41) is 3.63. The third kappa shape index (κ3) is 4.50. The zero-order valence-corrected chi connectivity index (χ0v) is 13.5. The van der Waals surface area contributed by atoms with E-state index in [1.54, 1.807) is 0 Å². The largest absolute Gasteiger partial charge is 0.491 e. The number of nitrogens with one attached hydrogen (secondary N) is 1. The van der Waals surface area contributed by atoms with E-state index in [1.807, 2.05) is 6.07 Å². The SMILES string of the molecule is Cc1ccc(OCCNC2CCCCC2C)c(Br)c1. The average Bonchev–Trinajstić information content (AvgIpc) is 2.38. The molecule has 1 aromatic carbocycles. The van der Waals surface area contributed by atoms with Crippen LogP contribution >= 0.6 is 15.9 Å². The van der Waals surface area contributed by atoms with E-state index < -0.39 is 0 Å². The molecular formula is C16H24BrNO. The summed E-state index contributed by atoms with van der Waals surface area (Å²) < 4.78 is 6.85. The molecule has 106 valence electrons. The normalized spacial score (nSPS) is 23.3. The smallest absolute Gasteiger partial charge is 0.133 e. The number of hydrogen-bond acceptors (Lipinski definition) is 2. The Morgan fingerprint density at radius 3 is 2.84 bits per heavy atom. The maximum Gasteiger partial charge on any atom is 0.133 e. The standard InChI is InChI=1S/C16H24BrNO/c1-12-7-8-16(14(17)11-12)19-10-9-18-15-6-4-3-5-13(15)2/h7-8,11,13,15,18H,3-6,9-10H2,1-2H3. The Bertz CT molecular complexity index is 408. The van der Waals surface area contributed by atoms with Crippen molar-refractivity contribution in [3.8, 4) is 5.75 Å². The monoisotopic (exact) mass is 325 g/mol. The van der Waals surface area contributed by atoms with Crippen LogP contribution in [-0.4, -0.2) is 19.2 Å². The molecule has 1 aromatic rings. The maximum atomic E-state index is 5.81. The molecule has 2 rings (SSSR count). The number of aryl methyl sites for hydroxylation is 1. The summed E-state index contributed by atoms with van der Waals surface area (Å²) in [5.41, 5.74) is 1.24. The molecule has 1 saturated carbocycles. The van der Waals surface area contributed by atoms with E-state index >= 15 is 0 Å². The molecule has 0 aromatic heterocycles. The summed E-state index contributed by atoms with van der Waals surface area (Å²) >= 11 is 3.54. The molecule has 0 radical (unpaired) electrons. The minimum Gasteiger partial charge on any atom is -0.491 e. The number of benzene rings is 1. The Morgan fingerprint density at radius 2 is 2.11 bits per heavy atom. The van der Waals surface area contributed by atoms with Gasteiger partial charge in [0.25, 0.3) is 0 Å². The van der Waals surface area contributed by atoms with Crippen molar-refractivity contribution < 1.29 is 4.74 Å². The van der Waals surface area contributed by atoms with E-state index in [-0.39, 0.29) is 0 Å². The predicted molar refractivity (Wildman–Crippen MR) is 83.8 cm³/mol. The van der Waals surface area contributed by atoms with E-state index in [4.69, 9.17) is 4.74 Å². The molecule has 3 heteroatoms. The first-order chi connectivity index (χ1) is 9.16. The van der Waals surface area contributed by atoms with Crippen LogP contribution in [0.4, 0.5) is 0 Å². The molecular weight excluding hydrogens is 302 g/mol. The zero-order valence-electron chi connectivity index (χ0n) is 11.9. The molecule has 0 saturated heterocycles. The summed E-state index contributed by atoms with van der Waals surface area (Å²) in [7, 11) is 0. The lowest BCUT2D eigenvalue weighted by Crippen LogP contribution is -2.39. The fraction of sp³-hybridized carbons (Fsp3) is 0.625. The molecule has 19 heavy (non-hydrogen) atoms. The number of halogens is 1. The molecule has 0 amide bonds. The third-order valence-corrected chi connectivity index (χ3v) is 4.58. The van der Waals surface area contributed by atoms with Gasteiger partial charge in [-0.3, -0.25) is 0 Å². The second kappa shape index (κ2) is 7.30. The van der Waals surface area contributed by atoms with Crippen LogP contribution in [0.5, 0.6) is 5.75 Å². The lowest BCUT2D eigenvalue weighted by atomic mass is 9.86. The lowest BCUT2D eigenvalue weighted by Gasteiger charge is -2.29. The highest BCUT2D eigenvalue weighted by atomic mass is 79.9. The fourth-order valence-electron chi connectivity index (χ4n) is 2.75. The molecule has 0 bridgehead atoms. The van der Waals surface area contributed by atoms with Gasteiger partial charge in [-0.15, -0.1) is 0 Å². The molecule has 1 aliphatic carbocycles. The molecule has 0 spiro atoms. The summed E-state index contributed by atoms with van der Waals surface area (Å²) in [6.45, 7) is 6.09. The van der Waals surface area contributed by atoms with Gasteiger partial charge in [-0.1, -0.05) is 25.8 Å². The number of rotatable bonds is 5. The van der Waals surface area contributed by atoms with Gasteiger partial charge in [-0.2, -0.15) is 0 Å². The molecule has 0 aliphatic heterocycles. The molecule has 0 heterocycles. The van der Waals surface area contributed by atoms with Gasteiger partial charge in [0.1, 0.15) is 12.4 Å². The lowest BCUT2D eigenvalue weighted by molar-refractivity contribution is 0.250. The topological polar surface area (TPSA) is 21.3 Å². The second-order valence-corrected chi connectivity index (χ2v) is 6.46. The average molecular weight is 326 g/mol. The summed E-state index contributed by atoms with van der Waals surface area (Å²) in [6, 6.07) is 6.88. The van der Waals surface area contributed by atoms with Gasteiger partial charge in [-0.25, -0.2) is 0 Å². The molecule has 1 N–H and O–H groups in total. The minimum absolute atomic E-state index is 0.679. The van der Waals surface area contributed by atoms with Crippen molar-refractivity contribution >= 4 is 15.9 Å². The Balaban J connectivity index is 1.71. The Hall–Kier alpha value is -0.540. The van der Waals surface area contributed by atoms with Crippen LogP contribution in [0.2, 0.25) is 0 Å². The van der Waals surface area contributed by atoms with Crippen molar-refractivity contribution in [1.29, 1.82) is 0 Å². The maximum absolute atomic E-state index is 5.81. The first kappa shape index (κ1) is 14.9. The first-order valence-corrected chi connectivity index (χ1v) is 8.08. The Labute approximate surface area is 125 Å². The molecule has 1 aliphatic rings. The molecule has 2 atom stereocenters. The zero-order chi connectivity index (χ0) is 13.7. The van der Waals surface area contributed by atoms with Crippen LogP contribution in [0, 0.1) is 12.8 Å². The van der Waals surface area contributed by atoms with E-state index in [2.05, 4.69) is 47.2 Å². The highest BCUT2D eigenvalue weighted by Gasteiger charge is 2.20. The van der Waals surface area contributed by atoms with Gasteiger partial charge >= 0.3 is 0 Å². The van der Waals surface area contributed by atoms with Crippen LogP contribution in [-0.2, 0) is 0 Å². The van der Waals surface area contributed by atoms with Crippen LogP contribution in [0.25, 0.3) is 0 Å². The summed E-state index contributed by atoms with van der Waals surface area (Å²) in [5.74, 6) is 1.74. The van der Waals surface area contributed by atoms with E-state index in [0.717, 1.165) is 29.3 Å². The van der Waals surface area contributed by atoms with Gasteiger partial charge in [0.2, 0.25) is 0 Å². The van der Waals surface area contributed by atoms with Crippen molar-refractivity contribution in [3.63, 3.8) is 0 Å². The van der Waals surface area contributed by atoms with Crippen molar-refractivity contribution in [2.24, 2.45) is 5.92 Å².